The second-order valence-corrected chi connectivity index (χ2v) is 10.8. The molecule has 2 heteroatoms. The molecule has 40 heavy (non-hydrogen) atoms. The molecule has 8 aromatic rings. The van der Waals surface area contributed by atoms with E-state index in [4.69, 9.17) is 8.83 Å². The lowest BCUT2D eigenvalue weighted by atomic mass is 9.83. The lowest BCUT2D eigenvalue weighted by Crippen LogP contribution is -2.03. The first-order valence-electron chi connectivity index (χ1n) is 13.9. The Kier molecular flexibility index (Phi) is 4.48. The van der Waals surface area contributed by atoms with Crippen LogP contribution in [0.1, 0.15) is 11.1 Å². The number of aryl methyl sites for hydroxylation is 2. The van der Waals surface area contributed by atoms with E-state index in [9.17, 15) is 0 Å². The largest absolute Gasteiger partial charge is 0.455 e. The number of benzene rings is 6. The Morgan fingerprint density at radius 1 is 0.400 bits per heavy atom. The number of para-hydroxylation sites is 3. The van der Waals surface area contributed by atoms with Crippen LogP contribution in [0.5, 0.6) is 0 Å². The molecular formula is C38H24O2. The van der Waals surface area contributed by atoms with Gasteiger partial charge in [-0.05, 0) is 58.4 Å². The molecule has 0 unspecified atom stereocenters. The molecule has 6 aromatic carbocycles. The highest BCUT2D eigenvalue weighted by Gasteiger charge is 2.22. The van der Waals surface area contributed by atoms with E-state index in [0.717, 1.165) is 68.2 Å². The Balaban J connectivity index is 1.20. The summed E-state index contributed by atoms with van der Waals surface area (Å²) in [7, 11) is 0. The van der Waals surface area contributed by atoms with Gasteiger partial charge in [0.05, 0.1) is 0 Å². The third-order valence-electron chi connectivity index (χ3n) is 8.61. The molecule has 0 bridgehead atoms. The zero-order chi connectivity index (χ0) is 26.2. The maximum Gasteiger partial charge on any atom is 0.143 e. The highest BCUT2D eigenvalue weighted by Crippen LogP contribution is 2.45. The molecule has 0 atom stereocenters. The van der Waals surface area contributed by atoms with E-state index in [-0.39, 0.29) is 0 Å². The van der Waals surface area contributed by atoms with Crippen LogP contribution in [0.25, 0.3) is 77.3 Å². The van der Waals surface area contributed by atoms with Gasteiger partial charge in [-0.25, -0.2) is 0 Å². The van der Waals surface area contributed by atoms with Crippen molar-refractivity contribution in [3.8, 4) is 33.4 Å². The Bertz CT molecular complexity index is 2260. The van der Waals surface area contributed by atoms with Gasteiger partial charge in [0.2, 0.25) is 0 Å². The molecular weight excluding hydrogens is 488 g/mol. The summed E-state index contributed by atoms with van der Waals surface area (Å²) in [6, 6.07) is 43.2. The lowest BCUT2D eigenvalue weighted by Gasteiger charge is -2.20. The molecule has 0 fully saturated rings. The number of rotatable bonds is 2. The molecule has 1 aliphatic rings. The lowest BCUT2D eigenvalue weighted by molar-refractivity contribution is 0.669. The minimum atomic E-state index is 0.919. The molecule has 1 aliphatic carbocycles. The van der Waals surface area contributed by atoms with E-state index < -0.39 is 0 Å². The van der Waals surface area contributed by atoms with Crippen molar-refractivity contribution in [1.82, 2.24) is 0 Å². The summed E-state index contributed by atoms with van der Waals surface area (Å²) in [5, 5.41) is 4.71. The average molecular weight is 513 g/mol. The van der Waals surface area contributed by atoms with Crippen molar-refractivity contribution in [3.63, 3.8) is 0 Å². The van der Waals surface area contributed by atoms with Gasteiger partial charge < -0.3 is 8.83 Å². The summed E-state index contributed by atoms with van der Waals surface area (Å²) in [4.78, 5) is 0. The summed E-state index contributed by atoms with van der Waals surface area (Å²) in [5.74, 6) is 0. The second-order valence-electron chi connectivity index (χ2n) is 10.8. The average Bonchev–Trinajstić information content (AvgIpc) is 3.59. The Hall–Kier alpha value is -5.08. The van der Waals surface area contributed by atoms with Crippen LogP contribution in [-0.4, -0.2) is 0 Å². The summed E-state index contributed by atoms with van der Waals surface area (Å²) < 4.78 is 12.9. The molecule has 9 rings (SSSR count). The van der Waals surface area contributed by atoms with E-state index >= 15 is 0 Å². The standard InChI is InChI=1S/C38H24O2/c1-2-8-27-23(7-1)19-20-26-21-22-34-36(35(26)27)32-13-6-11-29(38(32)40-34)25-17-15-24(16-18-25)28-10-5-12-31-30-9-3-4-14-33(30)39-37(28)31/h1-18,21-22H,19-20H2. The van der Waals surface area contributed by atoms with Gasteiger partial charge in [0.25, 0.3) is 0 Å². The fourth-order valence-electron chi connectivity index (χ4n) is 6.73. The first kappa shape index (κ1) is 21.8. The van der Waals surface area contributed by atoms with Crippen LogP contribution in [0.15, 0.2) is 130 Å². The third-order valence-corrected chi connectivity index (χ3v) is 8.61. The zero-order valence-electron chi connectivity index (χ0n) is 21.8. The Labute approximate surface area is 231 Å². The third kappa shape index (κ3) is 3.05. The van der Waals surface area contributed by atoms with Gasteiger partial charge in [-0.3, -0.25) is 0 Å². The number of hydrogen-bond donors (Lipinski definition) is 0. The Morgan fingerprint density at radius 2 is 1.00 bits per heavy atom. The van der Waals surface area contributed by atoms with E-state index in [1.54, 1.807) is 0 Å². The molecule has 0 N–H and O–H groups in total. The van der Waals surface area contributed by atoms with Gasteiger partial charge in [-0.1, -0.05) is 109 Å². The van der Waals surface area contributed by atoms with Crippen molar-refractivity contribution in [2.24, 2.45) is 0 Å². The molecule has 188 valence electrons. The predicted octanol–water partition coefficient (Wildman–Crippen LogP) is 10.6. The van der Waals surface area contributed by atoms with Crippen LogP contribution in [0.4, 0.5) is 0 Å². The van der Waals surface area contributed by atoms with E-state index in [1.807, 2.05) is 12.1 Å². The minimum Gasteiger partial charge on any atom is -0.455 e. The van der Waals surface area contributed by atoms with Gasteiger partial charge in [0.15, 0.2) is 0 Å². The van der Waals surface area contributed by atoms with Crippen molar-refractivity contribution in [3.05, 3.63) is 132 Å². The maximum atomic E-state index is 6.61. The molecule has 0 aliphatic heterocycles. The molecule has 2 nitrogen and oxygen atoms in total. The van der Waals surface area contributed by atoms with Crippen molar-refractivity contribution in [1.29, 1.82) is 0 Å². The molecule has 0 radical (unpaired) electrons. The summed E-state index contributed by atoms with van der Waals surface area (Å²) in [6.45, 7) is 0. The molecule has 2 aromatic heterocycles. The molecule has 0 amide bonds. The van der Waals surface area contributed by atoms with Crippen LogP contribution in [-0.2, 0) is 12.8 Å². The van der Waals surface area contributed by atoms with Crippen LogP contribution in [0.3, 0.4) is 0 Å². The quantitative estimate of drug-likeness (QED) is 0.230. The minimum absolute atomic E-state index is 0.919. The van der Waals surface area contributed by atoms with Gasteiger partial charge >= 0.3 is 0 Å². The summed E-state index contributed by atoms with van der Waals surface area (Å²) in [5.41, 5.74) is 13.7. The molecule has 0 spiro atoms. The zero-order valence-corrected chi connectivity index (χ0v) is 21.8. The molecule has 2 heterocycles. The van der Waals surface area contributed by atoms with Gasteiger partial charge in [0, 0.05) is 32.7 Å². The number of furan rings is 2. The molecule has 0 saturated heterocycles. The van der Waals surface area contributed by atoms with E-state index in [0.29, 0.717) is 0 Å². The van der Waals surface area contributed by atoms with Gasteiger partial charge in [-0.2, -0.15) is 0 Å². The monoisotopic (exact) mass is 512 g/mol. The first-order chi connectivity index (χ1) is 19.8. The van der Waals surface area contributed by atoms with E-state index in [2.05, 4.69) is 109 Å². The predicted molar refractivity (Wildman–Crippen MR) is 165 cm³/mol. The summed E-state index contributed by atoms with van der Waals surface area (Å²) >= 11 is 0. The van der Waals surface area contributed by atoms with Crippen LogP contribution < -0.4 is 0 Å². The smallest absolute Gasteiger partial charge is 0.143 e. The second kappa shape index (κ2) is 8.21. The van der Waals surface area contributed by atoms with E-state index in [1.165, 1.54) is 33.0 Å². The fraction of sp³-hybridized carbons (Fsp3) is 0.0526. The Morgan fingerprint density at radius 3 is 1.82 bits per heavy atom. The van der Waals surface area contributed by atoms with Gasteiger partial charge in [-0.15, -0.1) is 0 Å². The molecule has 0 saturated carbocycles. The SMILES string of the molecule is c1ccc2c(c1)CCc1ccc3oc4c(-c5ccc(-c6cccc7c6oc6ccccc67)cc5)cccc4c3c1-2. The van der Waals surface area contributed by atoms with Crippen LogP contribution in [0.2, 0.25) is 0 Å². The topological polar surface area (TPSA) is 26.3 Å². The van der Waals surface area contributed by atoms with Crippen LogP contribution in [0, 0.1) is 0 Å². The highest BCUT2D eigenvalue weighted by molar-refractivity contribution is 6.16. The van der Waals surface area contributed by atoms with Crippen molar-refractivity contribution >= 4 is 43.9 Å². The van der Waals surface area contributed by atoms with Crippen molar-refractivity contribution in [2.45, 2.75) is 12.8 Å². The van der Waals surface area contributed by atoms with Gasteiger partial charge in [0.1, 0.15) is 22.3 Å². The first-order valence-corrected chi connectivity index (χ1v) is 13.9. The van der Waals surface area contributed by atoms with Crippen molar-refractivity contribution < 1.29 is 8.83 Å². The fourth-order valence-corrected chi connectivity index (χ4v) is 6.73. The van der Waals surface area contributed by atoms with Crippen LogP contribution >= 0.6 is 0 Å². The normalized spacial score (nSPS) is 12.8. The number of fused-ring (bicyclic) bond motifs is 10. The highest BCUT2D eigenvalue weighted by atomic mass is 16.3. The maximum absolute atomic E-state index is 6.61. The van der Waals surface area contributed by atoms with Crippen molar-refractivity contribution in [2.75, 3.05) is 0 Å². The number of hydrogen-bond acceptors (Lipinski definition) is 2. The summed E-state index contributed by atoms with van der Waals surface area (Å²) in [6.07, 6.45) is 2.15.